The molecule has 2 nitrogen and oxygen atoms in total. The third kappa shape index (κ3) is 5.62. The third-order valence-electron chi connectivity index (χ3n) is 3.38. The predicted molar refractivity (Wildman–Crippen MR) is 86.3 cm³/mol. The topological polar surface area (TPSA) is 40.9 Å². The van der Waals surface area contributed by atoms with Crippen LogP contribution in [-0.4, -0.2) is 5.78 Å². The molecule has 0 N–H and O–H groups in total. The van der Waals surface area contributed by atoms with Crippen LogP contribution < -0.4 is 0 Å². The van der Waals surface area contributed by atoms with Crippen LogP contribution in [0.5, 0.6) is 0 Å². The van der Waals surface area contributed by atoms with Gasteiger partial charge in [0.05, 0.1) is 11.6 Å². The molecule has 0 bridgehead atoms. The van der Waals surface area contributed by atoms with Crippen LogP contribution in [0, 0.1) is 11.3 Å². The van der Waals surface area contributed by atoms with Crippen LogP contribution in [0.15, 0.2) is 54.6 Å². The maximum absolute atomic E-state index is 10.6. The van der Waals surface area contributed by atoms with E-state index < -0.39 is 0 Å². The van der Waals surface area contributed by atoms with Gasteiger partial charge in [0.15, 0.2) is 5.78 Å². The molecule has 2 aromatic carbocycles. The molecule has 0 fully saturated rings. The molecule has 0 aromatic heterocycles. The predicted octanol–water partition coefficient (Wildman–Crippen LogP) is 4.96. The van der Waals surface area contributed by atoms with Crippen molar-refractivity contribution in [3.63, 3.8) is 0 Å². The molecule has 0 aliphatic heterocycles. The van der Waals surface area contributed by atoms with Crippen molar-refractivity contribution in [3.8, 4) is 6.07 Å². The number of ketones is 1. The molecule has 2 rings (SSSR count). The van der Waals surface area contributed by atoms with Crippen LogP contribution in [0.1, 0.15) is 54.6 Å². The van der Waals surface area contributed by atoms with Crippen molar-refractivity contribution < 1.29 is 4.79 Å². The molecule has 2 heteroatoms. The first-order chi connectivity index (χ1) is 10.1. The smallest absolute Gasteiger partial charge is 0.159 e. The van der Waals surface area contributed by atoms with Crippen molar-refractivity contribution in [1.29, 1.82) is 5.26 Å². The normalized spacial score (nSPS) is 10.8. The second kappa shape index (κ2) is 8.71. The average Bonchev–Trinajstić information content (AvgIpc) is 2.55. The van der Waals surface area contributed by atoms with Gasteiger partial charge in [0.2, 0.25) is 0 Å². The summed E-state index contributed by atoms with van der Waals surface area (Å²) >= 11 is 0. The van der Waals surface area contributed by atoms with Gasteiger partial charge in [0.25, 0.3) is 0 Å². The Morgan fingerprint density at radius 3 is 2.29 bits per heavy atom. The van der Waals surface area contributed by atoms with E-state index in [1.807, 2.05) is 48.5 Å². The van der Waals surface area contributed by atoms with Crippen LogP contribution in [0.3, 0.4) is 0 Å². The Hall–Kier alpha value is -2.40. The van der Waals surface area contributed by atoms with E-state index in [1.165, 1.54) is 5.56 Å². The van der Waals surface area contributed by atoms with Crippen molar-refractivity contribution in [2.45, 2.75) is 33.1 Å². The van der Waals surface area contributed by atoms with Crippen LogP contribution in [-0.2, 0) is 0 Å². The largest absolute Gasteiger partial charge is 0.295 e. The molecule has 0 spiro atoms. The highest BCUT2D eigenvalue weighted by molar-refractivity contribution is 5.93. The van der Waals surface area contributed by atoms with Gasteiger partial charge < -0.3 is 0 Å². The number of carbonyl (C=O) groups is 1. The Labute approximate surface area is 127 Å². The van der Waals surface area contributed by atoms with Crippen molar-refractivity contribution in [1.82, 2.24) is 0 Å². The second-order valence-corrected chi connectivity index (χ2v) is 4.97. The van der Waals surface area contributed by atoms with E-state index in [0.29, 0.717) is 5.92 Å². The zero-order valence-corrected chi connectivity index (χ0v) is 12.8. The summed E-state index contributed by atoms with van der Waals surface area (Å²) in [6.07, 6.45) is 1.12. The first kappa shape index (κ1) is 16.7. The summed E-state index contributed by atoms with van der Waals surface area (Å²) in [6.45, 7) is 5.90. The molecule has 21 heavy (non-hydrogen) atoms. The van der Waals surface area contributed by atoms with Gasteiger partial charge in [-0.05, 0) is 37.0 Å². The number of benzene rings is 2. The van der Waals surface area contributed by atoms with E-state index in [-0.39, 0.29) is 5.78 Å². The summed E-state index contributed by atoms with van der Waals surface area (Å²) in [5.74, 6) is 0.675. The van der Waals surface area contributed by atoms with E-state index in [1.54, 1.807) is 6.92 Å². The molecule has 2 aromatic rings. The van der Waals surface area contributed by atoms with Crippen molar-refractivity contribution in [3.05, 3.63) is 71.3 Å². The standard InChI is InChI=1S/C11H13N.C8H8O/c1-3-9(2)11-6-4-5-10(7-11)8-12;1-7(9)8-5-3-2-4-6-8/h4-7,9H,3H2,1-2H3;2-6H,1H3. The molecule has 1 unspecified atom stereocenters. The van der Waals surface area contributed by atoms with Crippen molar-refractivity contribution in [2.24, 2.45) is 0 Å². The lowest BCUT2D eigenvalue weighted by Gasteiger charge is -2.07. The highest BCUT2D eigenvalue weighted by Gasteiger charge is 2.02. The van der Waals surface area contributed by atoms with Gasteiger partial charge in [-0.3, -0.25) is 4.79 Å². The Bertz CT molecular complexity index is 611. The number of carbonyl (C=O) groups excluding carboxylic acids is 1. The van der Waals surface area contributed by atoms with E-state index >= 15 is 0 Å². The van der Waals surface area contributed by atoms with Gasteiger partial charge in [-0.1, -0.05) is 56.3 Å². The SMILES string of the molecule is CC(=O)c1ccccc1.CCC(C)c1cccc(C#N)c1. The monoisotopic (exact) mass is 279 g/mol. The minimum Gasteiger partial charge on any atom is -0.295 e. The van der Waals surface area contributed by atoms with Crippen LogP contribution >= 0.6 is 0 Å². The fraction of sp³-hybridized carbons (Fsp3) is 0.263. The summed E-state index contributed by atoms with van der Waals surface area (Å²) in [5, 5.41) is 8.67. The van der Waals surface area contributed by atoms with E-state index in [2.05, 4.69) is 26.0 Å². The lowest BCUT2D eigenvalue weighted by atomic mass is 9.97. The number of hydrogen-bond acceptors (Lipinski definition) is 2. The van der Waals surface area contributed by atoms with Crippen molar-refractivity contribution >= 4 is 5.78 Å². The maximum atomic E-state index is 10.6. The highest BCUT2D eigenvalue weighted by Crippen LogP contribution is 2.18. The number of rotatable bonds is 3. The Morgan fingerprint density at radius 1 is 1.14 bits per heavy atom. The Balaban J connectivity index is 0.000000219. The first-order valence-corrected chi connectivity index (χ1v) is 7.14. The van der Waals surface area contributed by atoms with Crippen LogP contribution in [0.4, 0.5) is 0 Å². The fourth-order valence-electron chi connectivity index (χ4n) is 1.82. The number of nitrogens with zero attached hydrogens (tertiary/aromatic N) is 1. The summed E-state index contributed by atoms with van der Waals surface area (Å²) < 4.78 is 0. The molecule has 0 saturated carbocycles. The molecule has 0 amide bonds. The minimum absolute atomic E-state index is 0.121. The fourth-order valence-corrected chi connectivity index (χ4v) is 1.82. The highest BCUT2D eigenvalue weighted by atomic mass is 16.1. The van der Waals surface area contributed by atoms with Crippen LogP contribution in [0.25, 0.3) is 0 Å². The van der Waals surface area contributed by atoms with Gasteiger partial charge in [0, 0.05) is 5.56 Å². The lowest BCUT2D eigenvalue weighted by Crippen LogP contribution is -1.91. The van der Waals surface area contributed by atoms with Crippen LogP contribution in [0.2, 0.25) is 0 Å². The number of hydrogen-bond donors (Lipinski definition) is 0. The summed E-state index contributed by atoms with van der Waals surface area (Å²) in [4.78, 5) is 10.6. The van der Waals surface area contributed by atoms with Gasteiger partial charge in [-0.15, -0.1) is 0 Å². The zero-order valence-electron chi connectivity index (χ0n) is 12.8. The minimum atomic E-state index is 0.121. The maximum Gasteiger partial charge on any atom is 0.159 e. The second-order valence-electron chi connectivity index (χ2n) is 4.97. The molecule has 108 valence electrons. The number of nitriles is 1. The molecule has 1 atom stereocenters. The molecule has 0 aliphatic carbocycles. The number of Topliss-reactive ketones (excluding diaryl/α,β-unsaturated/α-hetero) is 1. The van der Waals surface area contributed by atoms with E-state index in [4.69, 9.17) is 5.26 Å². The molecule has 0 aliphatic rings. The summed E-state index contributed by atoms with van der Waals surface area (Å²) in [7, 11) is 0. The van der Waals surface area contributed by atoms with Crippen molar-refractivity contribution in [2.75, 3.05) is 0 Å². The average molecular weight is 279 g/mol. The molecule has 0 heterocycles. The van der Waals surface area contributed by atoms with Gasteiger partial charge in [-0.2, -0.15) is 5.26 Å². The van der Waals surface area contributed by atoms with Gasteiger partial charge in [0.1, 0.15) is 0 Å². The molecule has 0 radical (unpaired) electrons. The van der Waals surface area contributed by atoms with Gasteiger partial charge >= 0.3 is 0 Å². The zero-order chi connectivity index (χ0) is 15.7. The van der Waals surface area contributed by atoms with Gasteiger partial charge in [-0.25, -0.2) is 0 Å². The van der Waals surface area contributed by atoms with E-state index in [0.717, 1.165) is 17.5 Å². The molecular formula is C19H21NO. The Kier molecular flexibility index (Phi) is 6.91. The molecular weight excluding hydrogens is 258 g/mol. The third-order valence-corrected chi connectivity index (χ3v) is 3.38. The quantitative estimate of drug-likeness (QED) is 0.745. The Morgan fingerprint density at radius 2 is 1.81 bits per heavy atom. The van der Waals surface area contributed by atoms with E-state index in [9.17, 15) is 4.79 Å². The summed E-state index contributed by atoms with van der Waals surface area (Å²) in [5.41, 5.74) is 2.79. The lowest BCUT2D eigenvalue weighted by molar-refractivity contribution is 0.101. The summed E-state index contributed by atoms with van der Waals surface area (Å²) in [6, 6.07) is 19.2. The molecule has 0 saturated heterocycles. The first-order valence-electron chi connectivity index (χ1n) is 7.14.